The van der Waals surface area contributed by atoms with Crippen LogP contribution in [0.4, 0.5) is 17.6 Å². The van der Waals surface area contributed by atoms with Crippen molar-refractivity contribution in [1.29, 1.82) is 0 Å². The van der Waals surface area contributed by atoms with Gasteiger partial charge in [-0.15, -0.1) is 0 Å². The lowest BCUT2D eigenvalue weighted by molar-refractivity contribution is -0.295. The van der Waals surface area contributed by atoms with Gasteiger partial charge in [-0.05, 0) is 0 Å². The molecule has 0 aliphatic carbocycles. The number of carbonyl (C=O) groups is 4. The van der Waals surface area contributed by atoms with Crippen molar-refractivity contribution >= 4 is 23.9 Å². The van der Waals surface area contributed by atoms with Crippen molar-refractivity contribution in [3.05, 3.63) is 0 Å². The van der Waals surface area contributed by atoms with Gasteiger partial charge in [0, 0.05) is 60.2 Å². The molecule has 0 spiro atoms. The molecule has 0 aliphatic heterocycles. The first-order valence-corrected chi connectivity index (χ1v) is 16.9. The van der Waals surface area contributed by atoms with Crippen LogP contribution >= 0.6 is 0 Å². The molecule has 0 saturated heterocycles. The normalized spacial score (nSPS) is 15.8. The third kappa shape index (κ3) is 17.2. The molecule has 0 heterocycles. The molecule has 0 saturated carbocycles. The molecule has 0 fully saturated rings. The monoisotopic (exact) mass is 731 g/mol. The van der Waals surface area contributed by atoms with E-state index in [1.165, 1.54) is 27.7 Å². The molecule has 12 heteroatoms. The van der Waals surface area contributed by atoms with E-state index in [2.05, 4.69) is 0 Å². The second-order valence-electron chi connectivity index (χ2n) is 19.2. The van der Waals surface area contributed by atoms with Crippen molar-refractivity contribution in [2.75, 3.05) is 0 Å². The minimum absolute atomic E-state index is 0.306. The van der Waals surface area contributed by atoms with Crippen molar-refractivity contribution < 1.29 is 55.7 Å². The molecule has 0 amide bonds. The summed E-state index contributed by atoms with van der Waals surface area (Å²) in [6, 6.07) is 0. The second kappa shape index (κ2) is 17.9. The van der Waals surface area contributed by atoms with Gasteiger partial charge in [-0.1, -0.05) is 125 Å². The first kappa shape index (κ1) is 52.0. The van der Waals surface area contributed by atoms with Gasteiger partial charge in [-0.3, -0.25) is 19.2 Å². The smallest absolute Gasteiger partial charge is 0.315 e. The Balaban J connectivity index is -0.000000669. The summed E-state index contributed by atoms with van der Waals surface area (Å²) in [5.74, 6) is -9.49. The van der Waals surface area contributed by atoms with E-state index < -0.39 is 47.1 Å². The maximum absolute atomic E-state index is 13.5. The van der Waals surface area contributed by atoms with E-state index in [-0.39, 0.29) is 45.5 Å². The Labute approximate surface area is 300 Å². The maximum atomic E-state index is 13.5. The fraction of sp³-hybridized carbons (Fsp3) is 0.895. The van der Waals surface area contributed by atoms with Crippen LogP contribution in [0.1, 0.15) is 152 Å². The minimum Gasteiger partial charge on any atom is -0.458 e. The predicted octanol–water partition coefficient (Wildman–Crippen LogP) is 10.2. The van der Waals surface area contributed by atoms with Crippen molar-refractivity contribution in [2.45, 2.75) is 189 Å². The molecule has 0 aromatic rings. The van der Waals surface area contributed by atoms with Gasteiger partial charge in [0.1, 0.15) is 24.4 Å². The Morgan fingerprint density at radius 3 is 0.520 bits per heavy atom. The van der Waals surface area contributed by atoms with Gasteiger partial charge in [0.15, 0.2) is 0 Å². The van der Waals surface area contributed by atoms with Crippen LogP contribution in [0.5, 0.6) is 0 Å². The number of halogens is 4. The zero-order chi connectivity index (χ0) is 41.4. The van der Waals surface area contributed by atoms with Crippen LogP contribution in [-0.4, -0.2) is 60.1 Å². The van der Waals surface area contributed by atoms with Crippen LogP contribution in [0.15, 0.2) is 0 Å². The summed E-state index contributed by atoms with van der Waals surface area (Å²) in [6.07, 6.45) is -1.89. The highest BCUT2D eigenvalue weighted by Crippen LogP contribution is 2.54. The Morgan fingerprint density at radius 1 is 0.340 bits per heavy atom. The molecular weight excluding hydrogens is 660 g/mol. The molecule has 4 atom stereocenters. The molecule has 8 nitrogen and oxygen atoms in total. The molecule has 0 aromatic heterocycles. The topological polar surface area (TPSA) is 105 Å². The summed E-state index contributed by atoms with van der Waals surface area (Å²) in [6.45, 7) is 35.7. The van der Waals surface area contributed by atoms with E-state index in [0.717, 1.165) is 41.5 Å². The fourth-order valence-electron chi connectivity index (χ4n) is 4.43. The lowest BCUT2D eigenvalue weighted by Gasteiger charge is -2.42. The van der Waals surface area contributed by atoms with E-state index in [9.17, 15) is 36.7 Å². The first-order chi connectivity index (χ1) is 21.5. The Kier molecular flexibility index (Phi) is 18.6. The van der Waals surface area contributed by atoms with Crippen LogP contribution in [0.2, 0.25) is 0 Å². The fourth-order valence-corrected chi connectivity index (χ4v) is 4.43. The molecule has 0 N–H and O–H groups in total. The summed E-state index contributed by atoms with van der Waals surface area (Å²) >= 11 is 0. The maximum Gasteiger partial charge on any atom is 0.315 e. The van der Waals surface area contributed by atoms with E-state index in [1.807, 2.05) is 83.1 Å². The third-order valence-corrected chi connectivity index (χ3v) is 7.41. The van der Waals surface area contributed by atoms with Crippen molar-refractivity contribution in [1.82, 2.24) is 0 Å². The number of esters is 4. The molecular formula is C38H70F4O8. The highest BCUT2D eigenvalue weighted by Gasteiger charge is 2.67. The van der Waals surface area contributed by atoms with Gasteiger partial charge < -0.3 is 18.9 Å². The number of carbonyl (C=O) groups excluding carboxylic acids is 4. The lowest BCUT2D eigenvalue weighted by atomic mass is 9.74. The van der Waals surface area contributed by atoms with Gasteiger partial charge >= 0.3 is 35.7 Å². The summed E-state index contributed by atoms with van der Waals surface area (Å²) in [5.41, 5.74) is -4.72. The van der Waals surface area contributed by atoms with Crippen molar-refractivity contribution in [2.24, 2.45) is 32.5 Å². The Hall–Kier alpha value is -2.40. The van der Waals surface area contributed by atoms with Crippen LogP contribution < -0.4 is 0 Å². The predicted molar refractivity (Wildman–Crippen MR) is 189 cm³/mol. The SMILES string of the molecule is CC(=O)OC(C(OC(C)=O)C(C)(C)C)C(C)(C)C.CC(=O)O[C@@H]([C@H](OC(C)=O)C(C)(C)C)C(C)(C)C.CC(C)(C)C(F)(F)C(F)(F)C(C)(C)C. The average Bonchev–Trinajstić information content (AvgIpc) is 2.79. The molecule has 0 aromatic carbocycles. The van der Waals surface area contributed by atoms with E-state index in [0.29, 0.717) is 0 Å². The van der Waals surface area contributed by atoms with Gasteiger partial charge in [-0.25, -0.2) is 0 Å². The average molecular weight is 731 g/mol. The molecule has 50 heavy (non-hydrogen) atoms. The molecule has 0 radical (unpaired) electrons. The number of alkyl halides is 4. The molecule has 0 bridgehead atoms. The van der Waals surface area contributed by atoms with Crippen LogP contribution in [0.25, 0.3) is 0 Å². The summed E-state index contributed by atoms with van der Waals surface area (Å²) in [7, 11) is 0. The zero-order valence-electron chi connectivity index (χ0n) is 35.1. The second-order valence-corrected chi connectivity index (χ2v) is 19.2. The van der Waals surface area contributed by atoms with Gasteiger partial charge in [0.05, 0.1) is 0 Å². The van der Waals surface area contributed by atoms with Crippen molar-refractivity contribution in [3.8, 4) is 0 Å². The third-order valence-electron chi connectivity index (χ3n) is 7.41. The van der Waals surface area contributed by atoms with Gasteiger partial charge in [0.2, 0.25) is 0 Å². The largest absolute Gasteiger partial charge is 0.458 e. The summed E-state index contributed by atoms with van der Waals surface area (Å²) in [5, 5.41) is 0. The number of ether oxygens (including phenoxy) is 4. The van der Waals surface area contributed by atoms with Crippen molar-refractivity contribution in [3.63, 3.8) is 0 Å². The quantitative estimate of drug-likeness (QED) is 0.145. The number of rotatable bonds is 7. The molecule has 298 valence electrons. The van der Waals surface area contributed by atoms with Gasteiger partial charge in [-0.2, -0.15) is 17.6 Å². The summed E-state index contributed by atoms with van der Waals surface area (Å²) < 4.78 is 75.4. The van der Waals surface area contributed by atoms with Crippen LogP contribution in [0, 0.1) is 32.5 Å². The number of hydrogen-bond acceptors (Lipinski definition) is 8. The molecule has 0 aliphatic rings. The molecule has 0 rings (SSSR count). The van der Waals surface area contributed by atoms with Crippen LogP contribution in [0.3, 0.4) is 0 Å². The first-order valence-electron chi connectivity index (χ1n) is 16.9. The van der Waals surface area contributed by atoms with E-state index in [4.69, 9.17) is 18.9 Å². The highest BCUT2D eigenvalue weighted by atomic mass is 19.3. The minimum atomic E-state index is -4.02. The number of hydrogen-bond donors (Lipinski definition) is 0. The lowest BCUT2D eigenvalue weighted by Crippen LogP contribution is -2.56. The van der Waals surface area contributed by atoms with E-state index >= 15 is 0 Å². The zero-order valence-corrected chi connectivity index (χ0v) is 35.1. The molecule has 2 unspecified atom stereocenters. The van der Waals surface area contributed by atoms with Crippen LogP contribution in [-0.2, 0) is 38.1 Å². The van der Waals surface area contributed by atoms with E-state index in [1.54, 1.807) is 0 Å². The standard InChI is InChI=1S/2C14H26O4.C10H18F4/c2*1-9(15)17-11(13(3,4)5)12(14(6,7)8)18-10(2)16;1-7(2,3)9(11,12)10(13,14)8(4,5)6/h2*11-12H,1-8H3;1-6H3/t11-,12-;;/m0../s1. The highest BCUT2D eigenvalue weighted by molar-refractivity contribution is 5.68. The van der Waals surface area contributed by atoms with Gasteiger partial charge in [0.25, 0.3) is 0 Å². The summed E-state index contributed by atoms with van der Waals surface area (Å²) in [4.78, 5) is 45.0. The Morgan fingerprint density at radius 2 is 0.460 bits per heavy atom. The Bertz CT molecular complexity index is 955.